The van der Waals surface area contributed by atoms with Crippen molar-refractivity contribution in [1.29, 1.82) is 0 Å². The molecule has 4 rings (SSSR count). The molecule has 1 aliphatic heterocycles. The van der Waals surface area contributed by atoms with Crippen LogP contribution >= 0.6 is 15.9 Å². The van der Waals surface area contributed by atoms with E-state index in [2.05, 4.69) is 20.9 Å². The molecule has 0 radical (unpaired) electrons. The molecule has 28 heavy (non-hydrogen) atoms. The van der Waals surface area contributed by atoms with Crippen LogP contribution in [0.25, 0.3) is 22.6 Å². The molecule has 0 amide bonds. The number of ether oxygens (including phenoxy) is 1. The maximum Gasteiger partial charge on any atom is 0.399 e. The van der Waals surface area contributed by atoms with Crippen molar-refractivity contribution in [2.24, 2.45) is 0 Å². The van der Waals surface area contributed by atoms with E-state index in [1.54, 1.807) is 6.07 Å². The Bertz CT molecular complexity index is 1040. The highest BCUT2D eigenvalue weighted by atomic mass is 79.9. The molecular weight excluding hydrogens is 435 g/mol. The molecular formula is C20H17BrF3N3O. The fourth-order valence-electron chi connectivity index (χ4n) is 3.07. The highest BCUT2D eigenvalue weighted by Crippen LogP contribution is 2.41. The second-order valence-corrected chi connectivity index (χ2v) is 8.10. The van der Waals surface area contributed by atoms with Gasteiger partial charge in [0, 0.05) is 22.4 Å². The Labute approximate surface area is 168 Å². The summed E-state index contributed by atoms with van der Waals surface area (Å²) in [5, 5.41) is 0. The fraction of sp³-hybridized carbons (Fsp3) is 0.300. The van der Waals surface area contributed by atoms with Crippen LogP contribution in [0.1, 0.15) is 19.5 Å². The Kier molecular flexibility index (Phi) is 4.49. The van der Waals surface area contributed by atoms with Gasteiger partial charge in [-0.1, -0.05) is 15.9 Å². The summed E-state index contributed by atoms with van der Waals surface area (Å²) in [6, 6.07) is 8.85. The largest absolute Gasteiger partial charge is 0.491 e. The molecule has 4 nitrogen and oxygen atoms in total. The summed E-state index contributed by atoms with van der Waals surface area (Å²) in [7, 11) is 0. The van der Waals surface area contributed by atoms with E-state index in [4.69, 9.17) is 9.72 Å². The molecule has 0 atom stereocenters. The summed E-state index contributed by atoms with van der Waals surface area (Å²) in [6.07, 6.45) is -1.15. The molecule has 0 saturated carbocycles. The van der Waals surface area contributed by atoms with E-state index in [-0.39, 0.29) is 5.69 Å². The summed E-state index contributed by atoms with van der Waals surface area (Å²) in [4.78, 5) is 8.66. The van der Waals surface area contributed by atoms with E-state index < -0.39 is 11.6 Å². The number of fused-ring (bicyclic) bond motifs is 3. The van der Waals surface area contributed by atoms with Crippen LogP contribution in [-0.2, 0) is 12.0 Å². The number of alkyl halides is 3. The molecule has 146 valence electrons. The number of pyridine rings is 1. The van der Waals surface area contributed by atoms with Gasteiger partial charge < -0.3 is 9.30 Å². The lowest BCUT2D eigenvalue weighted by atomic mass is 9.87. The molecule has 0 N–H and O–H groups in total. The Morgan fingerprint density at radius 1 is 1.14 bits per heavy atom. The topological polar surface area (TPSA) is 39.9 Å². The Morgan fingerprint density at radius 2 is 1.93 bits per heavy atom. The summed E-state index contributed by atoms with van der Waals surface area (Å²) >= 11 is 3.43. The zero-order chi connectivity index (χ0) is 20.1. The Hall–Kier alpha value is -2.35. The summed E-state index contributed by atoms with van der Waals surface area (Å²) < 4.78 is 48.9. The quantitative estimate of drug-likeness (QED) is 0.508. The van der Waals surface area contributed by atoms with Crippen molar-refractivity contribution in [1.82, 2.24) is 14.5 Å². The van der Waals surface area contributed by atoms with Gasteiger partial charge in [0.15, 0.2) is 0 Å². The summed E-state index contributed by atoms with van der Waals surface area (Å²) in [6.45, 7) is 3.34. The van der Waals surface area contributed by atoms with Gasteiger partial charge in [-0.2, -0.15) is 13.2 Å². The first-order valence-corrected chi connectivity index (χ1v) is 9.49. The van der Waals surface area contributed by atoms with E-state index in [1.165, 1.54) is 12.3 Å². The van der Waals surface area contributed by atoms with Gasteiger partial charge >= 0.3 is 6.18 Å². The van der Waals surface area contributed by atoms with Crippen molar-refractivity contribution in [3.8, 4) is 28.4 Å². The maximum atomic E-state index is 13.4. The fourth-order valence-corrected chi connectivity index (χ4v) is 3.41. The van der Waals surface area contributed by atoms with Crippen LogP contribution in [0.5, 0.6) is 5.75 Å². The minimum atomic E-state index is -4.40. The number of imidazole rings is 1. The second kappa shape index (κ2) is 6.62. The van der Waals surface area contributed by atoms with E-state index in [0.717, 1.165) is 35.5 Å². The van der Waals surface area contributed by atoms with Crippen LogP contribution < -0.4 is 4.74 Å². The van der Waals surface area contributed by atoms with Gasteiger partial charge in [0.25, 0.3) is 0 Å². The van der Waals surface area contributed by atoms with Crippen LogP contribution in [0.3, 0.4) is 0 Å². The van der Waals surface area contributed by atoms with Gasteiger partial charge in [0.05, 0.1) is 23.5 Å². The Balaban J connectivity index is 1.79. The molecule has 0 saturated heterocycles. The van der Waals surface area contributed by atoms with Crippen molar-refractivity contribution >= 4 is 15.9 Å². The van der Waals surface area contributed by atoms with Crippen molar-refractivity contribution in [3.05, 3.63) is 52.9 Å². The first-order chi connectivity index (χ1) is 13.2. The molecule has 3 aromatic rings. The number of aromatic nitrogens is 3. The number of halogens is 4. The van der Waals surface area contributed by atoms with Crippen LogP contribution in [-0.4, -0.2) is 27.3 Å². The van der Waals surface area contributed by atoms with Crippen molar-refractivity contribution < 1.29 is 17.9 Å². The lowest BCUT2D eigenvalue weighted by Gasteiger charge is -2.27. The molecule has 8 heteroatoms. The summed E-state index contributed by atoms with van der Waals surface area (Å²) in [5.41, 5.74) is -0.0351. The highest BCUT2D eigenvalue weighted by Gasteiger charge is 2.49. The number of hydrogen-bond donors (Lipinski definition) is 0. The third-order valence-corrected chi connectivity index (χ3v) is 5.45. The monoisotopic (exact) mass is 451 g/mol. The van der Waals surface area contributed by atoms with E-state index in [1.807, 2.05) is 29.0 Å². The van der Waals surface area contributed by atoms with Crippen molar-refractivity contribution in [2.45, 2.75) is 32.0 Å². The van der Waals surface area contributed by atoms with E-state index >= 15 is 0 Å². The second-order valence-electron chi connectivity index (χ2n) is 7.18. The zero-order valence-corrected chi connectivity index (χ0v) is 16.8. The van der Waals surface area contributed by atoms with Gasteiger partial charge in [-0.25, -0.2) is 4.98 Å². The minimum Gasteiger partial charge on any atom is -0.491 e. The molecule has 1 aromatic carbocycles. The number of hydrogen-bond acceptors (Lipinski definition) is 3. The maximum absolute atomic E-state index is 13.4. The van der Waals surface area contributed by atoms with Crippen LogP contribution in [0, 0.1) is 0 Å². The lowest BCUT2D eigenvalue weighted by Crippen LogP contribution is -2.37. The molecule has 0 unspecified atom stereocenters. The van der Waals surface area contributed by atoms with Crippen LogP contribution in [0.2, 0.25) is 0 Å². The third kappa shape index (κ3) is 3.19. The standard InChI is InChI=1S/C20H17BrF3N3O/c1-19(2,20(22,23)24)17-9-12(5-6-25-17)15-11-27-7-8-28-16-10-13(21)3-4-14(16)18(27)26-15/h3-6,9-11H,7-8H2,1-2H3. The lowest BCUT2D eigenvalue weighted by molar-refractivity contribution is -0.181. The van der Waals surface area contributed by atoms with E-state index in [0.29, 0.717) is 24.4 Å². The molecule has 0 aliphatic carbocycles. The van der Waals surface area contributed by atoms with Gasteiger partial charge in [0.2, 0.25) is 0 Å². The SMILES string of the molecule is CC(C)(c1cc(-c2cn3c(n2)-c2ccc(Br)cc2OCC3)ccn1)C(F)(F)F. The van der Waals surface area contributed by atoms with Gasteiger partial charge in [-0.3, -0.25) is 4.98 Å². The first-order valence-electron chi connectivity index (χ1n) is 8.70. The molecule has 0 fully saturated rings. The molecule has 2 aromatic heterocycles. The Morgan fingerprint density at radius 3 is 2.68 bits per heavy atom. The van der Waals surface area contributed by atoms with Gasteiger partial charge in [0.1, 0.15) is 23.6 Å². The normalized spacial score (nSPS) is 14.1. The molecule has 0 bridgehead atoms. The predicted molar refractivity (Wildman–Crippen MR) is 103 cm³/mol. The van der Waals surface area contributed by atoms with Gasteiger partial charge in [-0.15, -0.1) is 0 Å². The van der Waals surface area contributed by atoms with Crippen molar-refractivity contribution in [3.63, 3.8) is 0 Å². The van der Waals surface area contributed by atoms with Gasteiger partial charge in [-0.05, 0) is 44.2 Å². The zero-order valence-electron chi connectivity index (χ0n) is 15.2. The average Bonchev–Trinajstić information content (AvgIpc) is 2.98. The first kappa shape index (κ1) is 19.0. The van der Waals surface area contributed by atoms with Crippen LogP contribution in [0.4, 0.5) is 13.2 Å². The minimum absolute atomic E-state index is 0.0339. The number of nitrogens with zero attached hydrogens (tertiary/aromatic N) is 3. The number of benzene rings is 1. The molecule has 3 heterocycles. The number of rotatable bonds is 2. The predicted octanol–water partition coefficient (Wildman–Crippen LogP) is 5.61. The average molecular weight is 452 g/mol. The van der Waals surface area contributed by atoms with Crippen LogP contribution in [0.15, 0.2) is 47.2 Å². The molecule has 1 aliphatic rings. The molecule has 0 spiro atoms. The summed E-state index contributed by atoms with van der Waals surface area (Å²) in [5.74, 6) is 1.45. The smallest absolute Gasteiger partial charge is 0.399 e. The van der Waals surface area contributed by atoms with E-state index in [9.17, 15) is 13.2 Å². The third-order valence-electron chi connectivity index (χ3n) is 4.96. The highest BCUT2D eigenvalue weighted by molar-refractivity contribution is 9.10. The van der Waals surface area contributed by atoms with Crippen molar-refractivity contribution in [2.75, 3.05) is 6.61 Å².